The van der Waals surface area contributed by atoms with Gasteiger partial charge in [-0.1, -0.05) is 82.7 Å². The summed E-state index contributed by atoms with van der Waals surface area (Å²) < 4.78 is 6.36. The number of amides is 1. The summed E-state index contributed by atoms with van der Waals surface area (Å²) in [5.41, 5.74) is 3.23. The number of para-hydroxylation sites is 1. The van der Waals surface area contributed by atoms with Crippen molar-refractivity contribution in [2.24, 2.45) is 0 Å². The standard InChI is InChI=1S/C28H19BrN2O3/c29-20-14-12-19(13-15-20)26-16-23(22-9-3-4-10-25(22)30-26)28(33)34-17-27(32)31-24-11-5-7-18-6-1-2-8-21(18)24/h1-16H,17H2,(H,31,32). The van der Waals surface area contributed by atoms with E-state index in [9.17, 15) is 9.59 Å². The highest BCUT2D eigenvalue weighted by atomic mass is 79.9. The zero-order chi connectivity index (χ0) is 23.5. The molecule has 0 fully saturated rings. The van der Waals surface area contributed by atoms with E-state index in [0.29, 0.717) is 27.8 Å². The number of pyridine rings is 1. The highest BCUT2D eigenvalue weighted by Gasteiger charge is 2.17. The molecule has 0 saturated heterocycles. The molecule has 0 aliphatic carbocycles. The molecule has 0 aliphatic rings. The molecule has 4 aromatic carbocycles. The number of rotatable bonds is 5. The Hall–Kier alpha value is -4.03. The highest BCUT2D eigenvalue weighted by molar-refractivity contribution is 9.10. The Labute approximate surface area is 204 Å². The number of benzene rings is 4. The summed E-state index contributed by atoms with van der Waals surface area (Å²) in [5, 5.41) is 5.44. The van der Waals surface area contributed by atoms with Gasteiger partial charge in [-0.25, -0.2) is 9.78 Å². The van der Waals surface area contributed by atoms with Gasteiger partial charge in [0, 0.05) is 26.5 Å². The first-order valence-corrected chi connectivity index (χ1v) is 11.5. The van der Waals surface area contributed by atoms with Crippen molar-refractivity contribution in [3.8, 4) is 11.3 Å². The maximum absolute atomic E-state index is 13.0. The molecule has 5 nitrogen and oxygen atoms in total. The third-order valence-corrected chi connectivity index (χ3v) is 6.00. The van der Waals surface area contributed by atoms with Gasteiger partial charge in [-0.2, -0.15) is 0 Å². The molecule has 5 rings (SSSR count). The van der Waals surface area contributed by atoms with Crippen LogP contribution in [0.3, 0.4) is 0 Å². The maximum atomic E-state index is 13.0. The van der Waals surface area contributed by atoms with Crippen LogP contribution in [0.5, 0.6) is 0 Å². The predicted molar refractivity (Wildman–Crippen MR) is 138 cm³/mol. The fraction of sp³-hybridized carbons (Fsp3) is 0.0357. The van der Waals surface area contributed by atoms with E-state index in [0.717, 1.165) is 20.8 Å². The first-order valence-electron chi connectivity index (χ1n) is 10.7. The summed E-state index contributed by atoms with van der Waals surface area (Å²) in [6.07, 6.45) is 0. The normalized spacial score (nSPS) is 10.9. The predicted octanol–water partition coefficient (Wildman–Crippen LogP) is 6.61. The maximum Gasteiger partial charge on any atom is 0.339 e. The van der Waals surface area contributed by atoms with Gasteiger partial charge in [0.15, 0.2) is 6.61 Å². The zero-order valence-corrected chi connectivity index (χ0v) is 19.6. The number of carbonyl (C=O) groups is 2. The van der Waals surface area contributed by atoms with Crippen LogP contribution in [0.1, 0.15) is 10.4 Å². The van der Waals surface area contributed by atoms with Crippen LogP contribution in [0.15, 0.2) is 102 Å². The molecule has 1 amide bonds. The molecule has 6 heteroatoms. The lowest BCUT2D eigenvalue weighted by Crippen LogP contribution is -2.21. The second kappa shape index (κ2) is 9.45. The third kappa shape index (κ3) is 4.54. The van der Waals surface area contributed by atoms with E-state index in [1.54, 1.807) is 6.07 Å². The number of hydrogen-bond donors (Lipinski definition) is 1. The van der Waals surface area contributed by atoms with Crippen LogP contribution >= 0.6 is 15.9 Å². The van der Waals surface area contributed by atoms with Gasteiger partial charge in [0.25, 0.3) is 5.91 Å². The van der Waals surface area contributed by atoms with Gasteiger partial charge in [0.05, 0.1) is 16.8 Å². The molecule has 1 N–H and O–H groups in total. The lowest BCUT2D eigenvalue weighted by Gasteiger charge is -2.11. The summed E-state index contributed by atoms with van der Waals surface area (Å²) >= 11 is 3.43. The van der Waals surface area contributed by atoms with Crippen molar-refractivity contribution in [3.63, 3.8) is 0 Å². The Bertz CT molecular complexity index is 1530. The van der Waals surface area contributed by atoms with Crippen LogP contribution in [0.4, 0.5) is 5.69 Å². The van der Waals surface area contributed by atoms with E-state index >= 15 is 0 Å². The highest BCUT2D eigenvalue weighted by Crippen LogP contribution is 2.27. The topological polar surface area (TPSA) is 68.3 Å². The van der Waals surface area contributed by atoms with Crippen LogP contribution < -0.4 is 5.32 Å². The van der Waals surface area contributed by atoms with Gasteiger partial charge >= 0.3 is 5.97 Å². The smallest absolute Gasteiger partial charge is 0.339 e. The van der Waals surface area contributed by atoms with Crippen LogP contribution in [0.2, 0.25) is 0 Å². The summed E-state index contributed by atoms with van der Waals surface area (Å²) in [6, 6.07) is 30.2. The lowest BCUT2D eigenvalue weighted by molar-refractivity contribution is -0.119. The van der Waals surface area contributed by atoms with Crippen LogP contribution in [0, 0.1) is 0 Å². The minimum Gasteiger partial charge on any atom is -0.452 e. The molecule has 34 heavy (non-hydrogen) atoms. The van der Waals surface area contributed by atoms with E-state index in [-0.39, 0.29) is 0 Å². The molecule has 166 valence electrons. The summed E-state index contributed by atoms with van der Waals surface area (Å²) in [4.78, 5) is 30.3. The van der Waals surface area contributed by atoms with Gasteiger partial charge in [-0.05, 0) is 35.7 Å². The molecule has 5 aromatic rings. The summed E-state index contributed by atoms with van der Waals surface area (Å²) in [7, 11) is 0. The Morgan fingerprint density at radius 3 is 2.35 bits per heavy atom. The molecule has 0 bridgehead atoms. The Kier molecular flexibility index (Phi) is 6.06. The van der Waals surface area contributed by atoms with E-state index < -0.39 is 18.5 Å². The van der Waals surface area contributed by atoms with Crippen LogP contribution in [-0.4, -0.2) is 23.5 Å². The molecular formula is C28H19BrN2O3. The zero-order valence-electron chi connectivity index (χ0n) is 18.0. The number of halogens is 1. The SMILES string of the molecule is O=C(COC(=O)c1cc(-c2ccc(Br)cc2)nc2ccccc12)Nc1cccc2ccccc12. The molecule has 0 spiro atoms. The van der Waals surface area contributed by atoms with Gasteiger partial charge in [-0.15, -0.1) is 0 Å². The molecule has 1 aromatic heterocycles. The van der Waals surface area contributed by atoms with Gasteiger partial charge in [-0.3, -0.25) is 4.79 Å². The van der Waals surface area contributed by atoms with Crippen molar-refractivity contribution in [2.45, 2.75) is 0 Å². The minimum absolute atomic E-state index is 0.362. The van der Waals surface area contributed by atoms with Gasteiger partial charge in [0.1, 0.15) is 0 Å². The number of nitrogens with one attached hydrogen (secondary N) is 1. The van der Waals surface area contributed by atoms with Crippen molar-refractivity contribution >= 4 is 55.2 Å². The largest absolute Gasteiger partial charge is 0.452 e. The fourth-order valence-corrected chi connectivity index (χ4v) is 4.11. The van der Waals surface area contributed by atoms with E-state index in [2.05, 4.69) is 21.2 Å². The third-order valence-electron chi connectivity index (χ3n) is 5.47. The summed E-state index contributed by atoms with van der Waals surface area (Å²) in [6.45, 7) is -0.397. The number of ether oxygens (including phenoxy) is 1. The second-order valence-corrected chi connectivity index (χ2v) is 8.65. The fourth-order valence-electron chi connectivity index (χ4n) is 3.84. The molecule has 0 aliphatic heterocycles. The monoisotopic (exact) mass is 510 g/mol. The molecule has 0 unspecified atom stereocenters. The average Bonchev–Trinajstić information content (AvgIpc) is 2.87. The number of fused-ring (bicyclic) bond motifs is 2. The number of aromatic nitrogens is 1. The van der Waals surface area contributed by atoms with Gasteiger partial charge in [0.2, 0.25) is 0 Å². The quantitative estimate of drug-likeness (QED) is 0.270. The molecule has 0 radical (unpaired) electrons. The van der Waals surface area contributed by atoms with E-state index in [4.69, 9.17) is 9.72 Å². The number of esters is 1. The number of carbonyl (C=O) groups excluding carboxylic acids is 2. The van der Waals surface area contributed by atoms with Crippen molar-refractivity contribution in [2.75, 3.05) is 11.9 Å². The lowest BCUT2D eigenvalue weighted by atomic mass is 10.0. The van der Waals surface area contributed by atoms with E-state index in [1.165, 1.54) is 0 Å². The van der Waals surface area contributed by atoms with Crippen molar-refractivity contribution in [3.05, 3.63) is 107 Å². The number of hydrogen-bond acceptors (Lipinski definition) is 4. The first-order chi connectivity index (χ1) is 16.6. The molecular weight excluding hydrogens is 492 g/mol. The van der Waals surface area contributed by atoms with Crippen LogP contribution in [0.25, 0.3) is 32.9 Å². The second-order valence-electron chi connectivity index (χ2n) is 7.73. The van der Waals surface area contributed by atoms with Crippen molar-refractivity contribution in [1.82, 2.24) is 4.98 Å². The first kappa shape index (κ1) is 21.8. The molecule has 0 atom stereocenters. The minimum atomic E-state index is -0.579. The Balaban J connectivity index is 1.37. The Morgan fingerprint density at radius 2 is 1.53 bits per heavy atom. The Morgan fingerprint density at radius 1 is 0.824 bits per heavy atom. The summed E-state index contributed by atoms with van der Waals surface area (Å²) in [5.74, 6) is -0.985. The molecule has 0 saturated carbocycles. The van der Waals surface area contributed by atoms with Crippen LogP contribution in [-0.2, 0) is 9.53 Å². The van der Waals surface area contributed by atoms with E-state index in [1.807, 2.05) is 91.0 Å². The number of nitrogens with zero attached hydrogens (tertiary/aromatic N) is 1. The van der Waals surface area contributed by atoms with Crippen molar-refractivity contribution in [1.29, 1.82) is 0 Å². The average molecular weight is 511 g/mol. The van der Waals surface area contributed by atoms with Gasteiger partial charge < -0.3 is 10.1 Å². The van der Waals surface area contributed by atoms with Crippen molar-refractivity contribution < 1.29 is 14.3 Å². The number of anilines is 1. The molecule has 1 heterocycles.